The first-order valence-corrected chi connectivity index (χ1v) is 8.62. The van der Waals surface area contributed by atoms with Gasteiger partial charge in [-0.05, 0) is 50.9 Å². The van der Waals surface area contributed by atoms with Gasteiger partial charge in [-0.2, -0.15) is 8.42 Å². The molecule has 4 aliphatic rings. The third-order valence-electron chi connectivity index (χ3n) is 4.95. The second kappa shape index (κ2) is 4.56. The van der Waals surface area contributed by atoms with E-state index in [-0.39, 0.29) is 12.6 Å². The summed E-state index contributed by atoms with van der Waals surface area (Å²) in [6, 6.07) is 0. The van der Waals surface area contributed by atoms with Crippen LogP contribution in [-0.2, 0) is 19.6 Å². The van der Waals surface area contributed by atoms with Crippen LogP contribution < -0.4 is 0 Å². The van der Waals surface area contributed by atoms with Gasteiger partial charge in [0.1, 0.15) is 11.9 Å². The minimum absolute atomic E-state index is 0.270. The fraction of sp³-hybridized carbons (Fsp3) is 0.786. The number of ether oxygens (including phenoxy) is 1. The minimum atomic E-state index is -4.14. The summed E-state index contributed by atoms with van der Waals surface area (Å²) in [5, 5.41) is -1.07. The summed E-state index contributed by atoms with van der Waals surface area (Å²) < 4.78 is 36.0. The van der Waals surface area contributed by atoms with Gasteiger partial charge in [0.2, 0.25) is 0 Å². The quantitative estimate of drug-likeness (QED) is 0.487. The maximum absolute atomic E-state index is 12.4. The van der Waals surface area contributed by atoms with E-state index in [0.717, 1.165) is 25.7 Å². The molecule has 0 heterocycles. The van der Waals surface area contributed by atoms with Crippen molar-refractivity contribution in [3.05, 3.63) is 11.6 Å². The lowest BCUT2D eigenvalue weighted by Gasteiger charge is -2.50. The molecular weight excluding hydrogens is 280 g/mol. The molecule has 1 N–H and O–H groups in total. The van der Waals surface area contributed by atoms with Gasteiger partial charge < -0.3 is 4.74 Å². The molecule has 0 aromatic rings. The fourth-order valence-corrected chi connectivity index (χ4v) is 4.41. The summed E-state index contributed by atoms with van der Waals surface area (Å²) in [5.74, 6) is 0.778. The molecule has 4 atom stereocenters. The van der Waals surface area contributed by atoms with Gasteiger partial charge >= 0.3 is 5.97 Å². The molecule has 0 aromatic carbocycles. The molecule has 2 saturated carbocycles. The van der Waals surface area contributed by atoms with Crippen molar-refractivity contribution in [3.63, 3.8) is 0 Å². The smallest absolute Gasteiger partial charge is 0.312 e. The van der Waals surface area contributed by atoms with Gasteiger partial charge in [0.05, 0.1) is 5.41 Å². The van der Waals surface area contributed by atoms with E-state index in [1.807, 2.05) is 0 Å². The molecule has 4 unspecified atom stereocenters. The molecule has 112 valence electrons. The van der Waals surface area contributed by atoms with Crippen LogP contribution in [0.5, 0.6) is 0 Å². The molecule has 0 saturated heterocycles. The summed E-state index contributed by atoms with van der Waals surface area (Å²) in [5.41, 5.74) is 0.929. The molecule has 0 aliphatic heterocycles. The van der Waals surface area contributed by atoms with Crippen molar-refractivity contribution in [2.75, 3.05) is 6.61 Å². The fourth-order valence-electron chi connectivity index (χ4n) is 4.17. The van der Waals surface area contributed by atoms with E-state index in [1.165, 1.54) is 18.9 Å². The summed E-state index contributed by atoms with van der Waals surface area (Å²) in [6.07, 6.45) is 7.03. The maximum atomic E-state index is 12.4. The molecule has 4 aliphatic carbocycles. The van der Waals surface area contributed by atoms with Crippen molar-refractivity contribution in [2.24, 2.45) is 17.3 Å². The third kappa shape index (κ3) is 2.39. The highest BCUT2D eigenvalue weighted by Crippen LogP contribution is 2.57. The van der Waals surface area contributed by atoms with Crippen molar-refractivity contribution in [2.45, 2.75) is 44.3 Å². The SMILES string of the molecule is CC(COC(=O)C12CC3=CC(CC(C3)C1)C2)S(=O)(=O)O. The van der Waals surface area contributed by atoms with Crippen LogP contribution in [0.25, 0.3) is 0 Å². The number of carbonyl (C=O) groups excluding carboxylic acids is 1. The van der Waals surface area contributed by atoms with Gasteiger partial charge in [-0.1, -0.05) is 11.6 Å². The first-order chi connectivity index (χ1) is 9.28. The van der Waals surface area contributed by atoms with E-state index in [9.17, 15) is 13.2 Å². The van der Waals surface area contributed by atoms with E-state index in [1.54, 1.807) is 0 Å². The van der Waals surface area contributed by atoms with Gasteiger partial charge in [0, 0.05) is 0 Å². The van der Waals surface area contributed by atoms with Crippen molar-refractivity contribution < 1.29 is 22.5 Å². The van der Waals surface area contributed by atoms with Crippen LogP contribution in [0.1, 0.15) is 39.0 Å². The molecule has 2 fully saturated rings. The average Bonchev–Trinajstić information content (AvgIpc) is 2.32. The van der Waals surface area contributed by atoms with Crippen LogP contribution in [0.15, 0.2) is 11.6 Å². The Kier molecular flexibility index (Phi) is 3.21. The standard InChI is InChI=1S/C14H20O5S/c1-9(20(16,17)18)8-19-13(15)14-5-10-2-11(6-14)4-12(3-10)7-14/h2,9-10,12H,3-8H2,1H3,(H,16,17,18). The summed E-state index contributed by atoms with van der Waals surface area (Å²) >= 11 is 0. The Hall–Kier alpha value is -0.880. The minimum Gasteiger partial charge on any atom is -0.464 e. The highest BCUT2D eigenvalue weighted by Gasteiger charge is 2.52. The number of esters is 1. The Balaban J connectivity index is 1.68. The van der Waals surface area contributed by atoms with Crippen LogP contribution in [-0.4, -0.2) is 30.8 Å². The van der Waals surface area contributed by atoms with E-state index < -0.39 is 20.8 Å². The molecule has 0 amide bonds. The number of rotatable bonds is 4. The largest absolute Gasteiger partial charge is 0.464 e. The Morgan fingerprint density at radius 3 is 2.90 bits per heavy atom. The van der Waals surface area contributed by atoms with Crippen LogP contribution in [0.4, 0.5) is 0 Å². The zero-order chi connectivity index (χ0) is 14.5. The number of carbonyl (C=O) groups is 1. The lowest BCUT2D eigenvalue weighted by molar-refractivity contribution is -0.162. The topological polar surface area (TPSA) is 80.7 Å². The molecule has 5 nitrogen and oxygen atoms in total. The van der Waals surface area contributed by atoms with E-state index >= 15 is 0 Å². The molecule has 0 aromatic heterocycles. The zero-order valence-corrected chi connectivity index (χ0v) is 12.4. The normalized spacial score (nSPS) is 36.6. The van der Waals surface area contributed by atoms with Crippen LogP contribution in [0, 0.1) is 17.3 Å². The van der Waals surface area contributed by atoms with E-state index in [0.29, 0.717) is 11.8 Å². The molecule has 0 radical (unpaired) electrons. The Labute approximate surface area is 119 Å². The van der Waals surface area contributed by atoms with Gasteiger partial charge in [0.25, 0.3) is 10.1 Å². The molecule has 4 rings (SSSR count). The predicted octanol–water partition coefficient (Wildman–Crippen LogP) is 1.94. The number of hydrogen-bond acceptors (Lipinski definition) is 4. The first-order valence-electron chi connectivity index (χ1n) is 7.12. The Morgan fingerprint density at radius 1 is 1.55 bits per heavy atom. The molecule has 20 heavy (non-hydrogen) atoms. The van der Waals surface area contributed by atoms with Gasteiger partial charge in [-0.25, -0.2) is 0 Å². The Bertz CT molecular complexity index is 564. The van der Waals surface area contributed by atoms with Crippen LogP contribution in [0.3, 0.4) is 0 Å². The van der Waals surface area contributed by atoms with Crippen LogP contribution in [0.2, 0.25) is 0 Å². The second-order valence-electron chi connectivity index (χ2n) is 6.68. The lowest BCUT2D eigenvalue weighted by Crippen LogP contribution is -2.47. The van der Waals surface area contributed by atoms with Crippen molar-refractivity contribution in [1.82, 2.24) is 0 Å². The molecule has 6 heteroatoms. The predicted molar refractivity (Wildman–Crippen MR) is 72.6 cm³/mol. The molecule has 0 spiro atoms. The van der Waals surface area contributed by atoms with Crippen molar-refractivity contribution >= 4 is 16.1 Å². The maximum Gasteiger partial charge on any atom is 0.312 e. The van der Waals surface area contributed by atoms with Gasteiger partial charge in [0.15, 0.2) is 0 Å². The monoisotopic (exact) mass is 300 g/mol. The molecular formula is C14H20O5S. The van der Waals surface area contributed by atoms with E-state index in [4.69, 9.17) is 9.29 Å². The summed E-state index contributed by atoms with van der Waals surface area (Å²) in [7, 11) is -4.14. The summed E-state index contributed by atoms with van der Waals surface area (Å²) in [4.78, 5) is 12.4. The van der Waals surface area contributed by atoms with Gasteiger partial charge in [-0.15, -0.1) is 0 Å². The van der Waals surface area contributed by atoms with E-state index in [2.05, 4.69) is 6.08 Å². The van der Waals surface area contributed by atoms with Gasteiger partial charge in [-0.3, -0.25) is 9.35 Å². The van der Waals surface area contributed by atoms with Crippen molar-refractivity contribution in [3.8, 4) is 0 Å². The number of allylic oxidation sites excluding steroid dienone is 2. The highest BCUT2D eigenvalue weighted by molar-refractivity contribution is 7.86. The second-order valence-corrected chi connectivity index (χ2v) is 8.51. The summed E-state index contributed by atoms with van der Waals surface area (Å²) in [6.45, 7) is 1.07. The first kappa shape index (κ1) is 14.1. The van der Waals surface area contributed by atoms with Crippen LogP contribution >= 0.6 is 0 Å². The number of hydrogen-bond donors (Lipinski definition) is 1. The van der Waals surface area contributed by atoms with Crippen molar-refractivity contribution in [1.29, 1.82) is 0 Å². The highest BCUT2D eigenvalue weighted by atomic mass is 32.2. The average molecular weight is 300 g/mol. The molecule has 4 bridgehead atoms. The Morgan fingerprint density at radius 2 is 2.30 bits per heavy atom. The third-order valence-corrected chi connectivity index (χ3v) is 6.10. The lowest BCUT2D eigenvalue weighted by atomic mass is 9.53. The zero-order valence-electron chi connectivity index (χ0n) is 11.5.